The molecule has 0 radical (unpaired) electrons. The van der Waals surface area contributed by atoms with Crippen LogP contribution in [-0.2, 0) is 12.8 Å². The van der Waals surface area contributed by atoms with Crippen LogP contribution in [0.5, 0.6) is 0 Å². The molecule has 0 bridgehead atoms. The van der Waals surface area contributed by atoms with Gasteiger partial charge in [0, 0.05) is 41.3 Å². The van der Waals surface area contributed by atoms with Crippen LogP contribution in [0.15, 0.2) is 23.2 Å². The van der Waals surface area contributed by atoms with E-state index in [0.717, 1.165) is 43.7 Å². The molecule has 1 aliphatic carbocycles. The van der Waals surface area contributed by atoms with Crippen LogP contribution < -0.4 is 10.2 Å². The Morgan fingerprint density at radius 1 is 1.36 bits per heavy atom. The van der Waals surface area contributed by atoms with Crippen molar-refractivity contribution in [2.45, 2.75) is 31.7 Å². The zero-order valence-corrected chi connectivity index (χ0v) is 13.1. The zero-order chi connectivity index (χ0) is 14.9. The summed E-state index contributed by atoms with van der Waals surface area (Å²) < 4.78 is 0. The minimum Gasteiger partial charge on any atom is -0.354 e. The van der Waals surface area contributed by atoms with Gasteiger partial charge >= 0.3 is 0 Å². The number of hydrogen-bond donors (Lipinski definition) is 1. The SMILES string of the molecule is O=C(NC1CCN(c2ncnc3c2CCC3)C1)c1ccsc1. The van der Waals surface area contributed by atoms with Crippen LogP contribution >= 0.6 is 11.3 Å². The third-order valence-corrected chi connectivity index (χ3v) is 5.14. The van der Waals surface area contributed by atoms with E-state index in [-0.39, 0.29) is 11.9 Å². The fraction of sp³-hybridized carbons (Fsp3) is 0.438. The Morgan fingerprint density at radius 2 is 2.32 bits per heavy atom. The van der Waals surface area contributed by atoms with Crippen LogP contribution in [0.25, 0.3) is 0 Å². The van der Waals surface area contributed by atoms with Gasteiger partial charge in [-0.1, -0.05) is 0 Å². The number of rotatable bonds is 3. The quantitative estimate of drug-likeness (QED) is 0.942. The van der Waals surface area contributed by atoms with E-state index in [1.54, 1.807) is 17.7 Å². The number of thiophene rings is 1. The largest absolute Gasteiger partial charge is 0.354 e. The van der Waals surface area contributed by atoms with Crippen molar-refractivity contribution < 1.29 is 4.79 Å². The van der Waals surface area contributed by atoms with E-state index in [9.17, 15) is 4.79 Å². The Morgan fingerprint density at radius 3 is 3.18 bits per heavy atom. The molecule has 4 rings (SSSR count). The van der Waals surface area contributed by atoms with Gasteiger partial charge in [0.2, 0.25) is 0 Å². The fourth-order valence-corrected chi connectivity index (χ4v) is 3.98. The molecule has 1 atom stereocenters. The summed E-state index contributed by atoms with van der Waals surface area (Å²) in [6.45, 7) is 1.78. The Hall–Kier alpha value is -1.95. The van der Waals surface area contributed by atoms with Gasteiger partial charge in [0.25, 0.3) is 5.91 Å². The molecule has 1 fully saturated rings. The topological polar surface area (TPSA) is 58.1 Å². The van der Waals surface area contributed by atoms with E-state index in [1.807, 2.05) is 16.8 Å². The van der Waals surface area contributed by atoms with Gasteiger partial charge in [-0.15, -0.1) is 0 Å². The molecule has 2 aromatic heterocycles. The smallest absolute Gasteiger partial charge is 0.252 e. The molecule has 1 N–H and O–H groups in total. The van der Waals surface area contributed by atoms with Crippen LogP contribution in [0.3, 0.4) is 0 Å². The van der Waals surface area contributed by atoms with Gasteiger partial charge in [0.15, 0.2) is 0 Å². The Labute approximate surface area is 133 Å². The van der Waals surface area contributed by atoms with Crippen molar-refractivity contribution in [2.75, 3.05) is 18.0 Å². The van der Waals surface area contributed by atoms with Crippen molar-refractivity contribution in [2.24, 2.45) is 0 Å². The highest BCUT2D eigenvalue weighted by Gasteiger charge is 2.28. The van der Waals surface area contributed by atoms with E-state index < -0.39 is 0 Å². The molecule has 1 amide bonds. The molecule has 5 nitrogen and oxygen atoms in total. The number of carbonyl (C=O) groups is 1. The monoisotopic (exact) mass is 314 g/mol. The molecule has 3 heterocycles. The number of nitrogens with one attached hydrogen (secondary N) is 1. The maximum absolute atomic E-state index is 12.1. The lowest BCUT2D eigenvalue weighted by molar-refractivity contribution is 0.0941. The Kier molecular flexibility index (Phi) is 3.54. The number of anilines is 1. The molecule has 114 valence electrons. The number of fused-ring (bicyclic) bond motifs is 1. The average molecular weight is 314 g/mol. The summed E-state index contributed by atoms with van der Waals surface area (Å²) in [5.41, 5.74) is 3.27. The number of carbonyl (C=O) groups excluding carboxylic acids is 1. The summed E-state index contributed by atoms with van der Waals surface area (Å²) in [6.07, 6.45) is 5.96. The van der Waals surface area contributed by atoms with Crippen molar-refractivity contribution in [3.63, 3.8) is 0 Å². The summed E-state index contributed by atoms with van der Waals surface area (Å²) >= 11 is 1.55. The molecule has 0 aromatic carbocycles. The lowest BCUT2D eigenvalue weighted by atomic mass is 10.2. The molecular formula is C16H18N4OS. The third kappa shape index (κ3) is 2.47. The molecule has 2 aromatic rings. The molecule has 0 saturated carbocycles. The second-order valence-corrected chi connectivity index (χ2v) is 6.67. The van der Waals surface area contributed by atoms with E-state index in [1.165, 1.54) is 17.7 Å². The predicted octanol–water partition coefficient (Wildman–Crippen LogP) is 2.04. The van der Waals surface area contributed by atoms with Gasteiger partial charge in [-0.3, -0.25) is 4.79 Å². The number of amides is 1. The normalized spacial score (nSPS) is 20.2. The number of aromatic nitrogens is 2. The first-order valence-corrected chi connectivity index (χ1v) is 8.66. The van der Waals surface area contributed by atoms with E-state index in [4.69, 9.17) is 0 Å². The van der Waals surface area contributed by atoms with Crippen LogP contribution in [0, 0.1) is 0 Å². The summed E-state index contributed by atoms with van der Waals surface area (Å²) in [4.78, 5) is 23.3. The van der Waals surface area contributed by atoms with Crippen LogP contribution in [0.1, 0.15) is 34.5 Å². The second kappa shape index (κ2) is 5.68. The van der Waals surface area contributed by atoms with E-state index >= 15 is 0 Å². The van der Waals surface area contributed by atoms with Crippen LogP contribution in [-0.4, -0.2) is 35.0 Å². The molecule has 1 saturated heterocycles. The first-order chi connectivity index (χ1) is 10.8. The van der Waals surface area contributed by atoms with E-state index in [2.05, 4.69) is 20.2 Å². The highest BCUT2D eigenvalue weighted by Crippen LogP contribution is 2.29. The second-order valence-electron chi connectivity index (χ2n) is 5.89. The zero-order valence-electron chi connectivity index (χ0n) is 12.3. The molecule has 22 heavy (non-hydrogen) atoms. The van der Waals surface area contributed by atoms with Crippen molar-refractivity contribution in [1.82, 2.24) is 15.3 Å². The maximum atomic E-state index is 12.1. The molecular weight excluding hydrogens is 296 g/mol. The van der Waals surface area contributed by atoms with Crippen molar-refractivity contribution >= 4 is 23.1 Å². The maximum Gasteiger partial charge on any atom is 0.252 e. The highest BCUT2D eigenvalue weighted by atomic mass is 32.1. The van der Waals surface area contributed by atoms with Gasteiger partial charge in [-0.25, -0.2) is 9.97 Å². The van der Waals surface area contributed by atoms with Crippen molar-refractivity contribution in [3.8, 4) is 0 Å². The van der Waals surface area contributed by atoms with Gasteiger partial charge in [0.05, 0.1) is 0 Å². The summed E-state index contributed by atoms with van der Waals surface area (Å²) in [6, 6.07) is 2.06. The fourth-order valence-electron chi connectivity index (χ4n) is 3.35. The number of aryl methyl sites for hydroxylation is 1. The minimum absolute atomic E-state index is 0.0287. The molecule has 0 spiro atoms. The molecule has 1 aliphatic heterocycles. The van der Waals surface area contributed by atoms with Gasteiger partial charge in [0.1, 0.15) is 12.1 Å². The molecule has 6 heteroatoms. The standard InChI is InChI=1S/C16H18N4OS/c21-16(11-5-7-22-9-11)19-12-4-6-20(8-12)15-13-2-1-3-14(13)17-10-18-15/h5,7,9-10,12H,1-4,6,8H2,(H,19,21). The lowest BCUT2D eigenvalue weighted by Gasteiger charge is -2.20. The minimum atomic E-state index is 0.0287. The highest BCUT2D eigenvalue weighted by molar-refractivity contribution is 7.08. The van der Waals surface area contributed by atoms with Gasteiger partial charge in [-0.2, -0.15) is 11.3 Å². The third-order valence-electron chi connectivity index (χ3n) is 4.46. The number of hydrogen-bond acceptors (Lipinski definition) is 5. The molecule has 2 aliphatic rings. The average Bonchev–Trinajstić information content (AvgIpc) is 3.27. The van der Waals surface area contributed by atoms with Crippen LogP contribution in [0.4, 0.5) is 5.82 Å². The predicted molar refractivity (Wildman–Crippen MR) is 86.5 cm³/mol. The van der Waals surface area contributed by atoms with Crippen LogP contribution in [0.2, 0.25) is 0 Å². The summed E-state index contributed by atoms with van der Waals surface area (Å²) in [5.74, 6) is 1.11. The Bertz CT molecular complexity index is 685. The number of nitrogens with zero attached hydrogens (tertiary/aromatic N) is 3. The van der Waals surface area contributed by atoms with Gasteiger partial charge < -0.3 is 10.2 Å². The van der Waals surface area contributed by atoms with E-state index in [0.29, 0.717) is 0 Å². The first kappa shape index (κ1) is 13.7. The Balaban J connectivity index is 1.45. The lowest BCUT2D eigenvalue weighted by Crippen LogP contribution is -2.37. The molecule has 1 unspecified atom stereocenters. The van der Waals surface area contributed by atoms with Crippen molar-refractivity contribution in [1.29, 1.82) is 0 Å². The van der Waals surface area contributed by atoms with Gasteiger partial charge in [-0.05, 0) is 37.1 Å². The summed E-state index contributed by atoms with van der Waals surface area (Å²) in [5, 5.41) is 6.95. The summed E-state index contributed by atoms with van der Waals surface area (Å²) in [7, 11) is 0. The van der Waals surface area contributed by atoms with Crippen molar-refractivity contribution in [3.05, 3.63) is 40.0 Å². The first-order valence-electron chi connectivity index (χ1n) is 7.72.